The molecule has 0 aromatic rings. The van der Waals surface area contributed by atoms with Crippen molar-refractivity contribution < 1.29 is 19.1 Å². The van der Waals surface area contributed by atoms with Gasteiger partial charge in [-0.25, -0.2) is 0 Å². The largest absolute Gasteiger partial charge is 0.498 e. The molecule has 0 saturated heterocycles. The molecule has 0 radical (unpaired) electrons. The highest BCUT2D eigenvalue weighted by Crippen LogP contribution is 2.00. The summed E-state index contributed by atoms with van der Waals surface area (Å²) in [7, 11) is 0. The van der Waals surface area contributed by atoms with Crippen molar-refractivity contribution in [1.29, 1.82) is 0 Å². The van der Waals surface area contributed by atoms with E-state index in [1.165, 1.54) is 6.26 Å². The topological polar surface area (TPSA) is 52.6 Å². The first-order valence-corrected chi connectivity index (χ1v) is 4.61. The monoisotopic (exact) mass is 220 g/mol. The average Bonchev–Trinajstić information content (AvgIpc) is 2.12. The van der Waals surface area contributed by atoms with Gasteiger partial charge >= 0.3 is 5.97 Å². The van der Waals surface area contributed by atoms with Gasteiger partial charge in [0.25, 0.3) is 0 Å². The van der Waals surface area contributed by atoms with Crippen LogP contribution < -0.4 is 0 Å². The van der Waals surface area contributed by atoms with E-state index in [0.29, 0.717) is 13.0 Å². The summed E-state index contributed by atoms with van der Waals surface area (Å²) in [5.74, 6) is -0.351. The molecular formula is C9H13ClO4. The molecule has 80 valence electrons. The Hall–Kier alpha value is -1.03. The molecule has 0 unspecified atom stereocenters. The first-order valence-electron chi connectivity index (χ1n) is 4.23. The van der Waals surface area contributed by atoms with Gasteiger partial charge in [0, 0.05) is 12.8 Å². The predicted octanol–water partition coefficient (Wildman–Crippen LogP) is 1.63. The summed E-state index contributed by atoms with van der Waals surface area (Å²) in [6.07, 6.45) is 2.09. The molecule has 0 aromatic heterocycles. The number of ether oxygens (including phenoxy) is 2. The molecule has 0 heterocycles. The summed E-state index contributed by atoms with van der Waals surface area (Å²) in [5.41, 5.74) is 0. The third-order valence-corrected chi connectivity index (χ3v) is 1.53. The van der Waals surface area contributed by atoms with E-state index in [1.54, 1.807) is 0 Å². The van der Waals surface area contributed by atoms with Gasteiger partial charge in [0.1, 0.15) is 13.2 Å². The average molecular weight is 221 g/mol. The molecule has 0 aliphatic rings. The van der Waals surface area contributed by atoms with E-state index in [9.17, 15) is 9.59 Å². The normalized spacial score (nSPS) is 9.21. The molecule has 0 rings (SSSR count). The lowest BCUT2D eigenvalue weighted by molar-refractivity contribution is -0.144. The maximum absolute atomic E-state index is 10.9. The minimum absolute atomic E-state index is 0.194. The first-order chi connectivity index (χ1) is 6.66. The van der Waals surface area contributed by atoms with E-state index in [1.807, 2.05) is 0 Å². The van der Waals surface area contributed by atoms with E-state index in [2.05, 4.69) is 6.58 Å². The third kappa shape index (κ3) is 9.06. The van der Waals surface area contributed by atoms with Crippen molar-refractivity contribution in [2.75, 3.05) is 13.2 Å². The second-order valence-electron chi connectivity index (χ2n) is 2.47. The van der Waals surface area contributed by atoms with Crippen molar-refractivity contribution in [2.24, 2.45) is 0 Å². The Balaban J connectivity index is 3.28. The van der Waals surface area contributed by atoms with Gasteiger partial charge in [-0.1, -0.05) is 6.58 Å². The Kier molecular flexibility index (Phi) is 7.93. The molecule has 5 heteroatoms. The molecule has 14 heavy (non-hydrogen) atoms. The molecular weight excluding hydrogens is 208 g/mol. The Morgan fingerprint density at radius 2 is 2.00 bits per heavy atom. The fourth-order valence-electron chi connectivity index (χ4n) is 0.731. The number of carbonyl (C=O) groups excluding carboxylic acids is 2. The van der Waals surface area contributed by atoms with E-state index in [0.717, 1.165) is 0 Å². The maximum Gasteiger partial charge on any atom is 0.305 e. The van der Waals surface area contributed by atoms with Crippen LogP contribution in [0.3, 0.4) is 0 Å². The Labute approximate surface area is 87.8 Å². The van der Waals surface area contributed by atoms with Crippen LogP contribution in [0, 0.1) is 0 Å². The van der Waals surface area contributed by atoms with Gasteiger partial charge in [-0.05, 0) is 18.0 Å². The quantitative estimate of drug-likeness (QED) is 0.270. The number of hydrogen-bond acceptors (Lipinski definition) is 4. The lowest BCUT2D eigenvalue weighted by Gasteiger charge is -2.03. The van der Waals surface area contributed by atoms with E-state index in [4.69, 9.17) is 21.1 Å². The van der Waals surface area contributed by atoms with Crippen LogP contribution >= 0.6 is 11.6 Å². The van der Waals surface area contributed by atoms with Crippen LogP contribution in [-0.2, 0) is 19.1 Å². The lowest BCUT2D eigenvalue weighted by atomic mass is 10.2. The third-order valence-electron chi connectivity index (χ3n) is 1.34. The predicted molar refractivity (Wildman–Crippen MR) is 51.8 cm³/mol. The van der Waals surface area contributed by atoms with Crippen molar-refractivity contribution in [3.63, 3.8) is 0 Å². The number of esters is 1. The van der Waals surface area contributed by atoms with Crippen molar-refractivity contribution in [3.8, 4) is 0 Å². The number of rotatable bonds is 8. The molecule has 4 nitrogen and oxygen atoms in total. The zero-order valence-corrected chi connectivity index (χ0v) is 8.59. The second-order valence-corrected chi connectivity index (χ2v) is 2.89. The van der Waals surface area contributed by atoms with Gasteiger partial charge in [-0.2, -0.15) is 0 Å². The summed E-state index contributed by atoms with van der Waals surface area (Å²) >= 11 is 5.08. The van der Waals surface area contributed by atoms with Crippen LogP contribution in [0.5, 0.6) is 0 Å². The van der Waals surface area contributed by atoms with Gasteiger partial charge < -0.3 is 9.47 Å². The molecule has 0 bridgehead atoms. The highest BCUT2D eigenvalue weighted by molar-refractivity contribution is 6.63. The van der Waals surface area contributed by atoms with Crippen LogP contribution in [-0.4, -0.2) is 24.4 Å². The Bertz CT molecular complexity index is 203. The maximum atomic E-state index is 10.9. The van der Waals surface area contributed by atoms with Crippen molar-refractivity contribution >= 4 is 22.8 Å². The van der Waals surface area contributed by atoms with Crippen molar-refractivity contribution in [2.45, 2.75) is 19.3 Å². The molecule has 0 saturated carbocycles. The van der Waals surface area contributed by atoms with Crippen molar-refractivity contribution in [3.05, 3.63) is 12.8 Å². The number of carbonyl (C=O) groups is 2. The Morgan fingerprint density at radius 3 is 2.57 bits per heavy atom. The molecule has 0 aromatic carbocycles. The highest BCUT2D eigenvalue weighted by atomic mass is 35.5. The second kappa shape index (κ2) is 8.56. The Morgan fingerprint density at radius 1 is 1.29 bits per heavy atom. The van der Waals surface area contributed by atoms with Gasteiger partial charge in [-0.3, -0.25) is 9.59 Å². The zero-order valence-electron chi connectivity index (χ0n) is 7.83. The summed E-state index contributed by atoms with van der Waals surface area (Å²) in [6, 6.07) is 0. The van der Waals surface area contributed by atoms with E-state index in [-0.39, 0.29) is 25.4 Å². The van der Waals surface area contributed by atoms with Gasteiger partial charge in [-0.15, -0.1) is 0 Å². The van der Waals surface area contributed by atoms with Gasteiger partial charge in [0.2, 0.25) is 5.24 Å². The van der Waals surface area contributed by atoms with Crippen LogP contribution in [0.2, 0.25) is 0 Å². The van der Waals surface area contributed by atoms with Crippen LogP contribution in [0.25, 0.3) is 0 Å². The molecule has 0 atom stereocenters. The summed E-state index contributed by atoms with van der Waals surface area (Å²) in [5, 5.41) is -0.437. The molecule has 0 amide bonds. The van der Waals surface area contributed by atoms with Gasteiger partial charge in [0.15, 0.2) is 0 Å². The number of hydrogen-bond donors (Lipinski definition) is 0. The lowest BCUT2D eigenvalue weighted by Crippen LogP contribution is -2.09. The molecule has 0 spiro atoms. The van der Waals surface area contributed by atoms with Crippen LogP contribution in [0.15, 0.2) is 12.8 Å². The van der Waals surface area contributed by atoms with Crippen LogP contribution in [0.4, 0.5) is 0 Å². The van der Waals surface area contributed by atoms with Gasteiger partial charge in [0.05, 0.1) is 6.26 Å². The minimum Gasteiger partial charge on any atom is -0.498 e. The molecule has 0 fully saturated rings. The van der Waals surface area contributed by atoms with Crippen molar-refractivity contribution in [1.82, 2.24) is 0 Å². The SMILES string of the molecule is C=COCCOC(=O)CCCC(=O)Cl. The van der Waals surface area contributed by atoms with E-state index < -0.39 is 5.24 Å². The highest BCUT2D eigenvalue weighted by Gasteiger charge is 2.04. The summed E-state index contributed by atoms with van der Waals surface area (Å²) in [6.45, 7) is 3.82. The fourth-order valence-corrected chi connectivity index (χ4v) is 0.864. The fraction of sp³-hybridized carbons (Fsp3) is 0.556. The summed E-state index contributed by atoms with van der Waals surface area (Å²) in [4.78, 5) is 21.2. The first kappa shape index (κ1) is 13.0. The molecule has 0 aliphatic carbocycles. The molecule has 0 N–H and O–H groups in total. The smallest absolute Gasteiger partial charge is 0.305 e. The molecule has 0 aliphatic heterocycles. The van der Waals surface area contributed by atoms with E-state index >= 15 is 0 Å². The zero-order chi connectivity index (χ0) is 10.8. The summed E-state index contributed by atoms with van der Waals surface area (Å²) < 4.78 is 9.50. The minimum atomic E-state index is -0.437. The number of halogens is 1. The van der Waals surface area contributed by atoms with Crippen LogP contribution in [0.1, 0.15) is 19.3 Å². The standard InChI is InChI=1S/C9H13ClO4/c1-2-13-6-7-14-9(12)5-3-4-8(10)11/h2H,1,3-7H2.